The topological polar surface area (TPSA) is 69.5 Å². The molecule has 4 aromatic rings. The SMILES string of the molecule is Cc1ccc(-c2c[nH]c(=O)c(-c3ccccc3C#N)c2-c2ccccc2)nc1. The molecule has 0 fully saturated rings. The number of nitriles is 1. The van der Waals surface area contributed by atoms with Crippen LogP contribution >= 0.6 is 0 Å². The quantitative estimate of drug-likeness (QED) is 0.560. The maximum Gasteiger partial charge on any atom is 0.256 e. The van der Waals surface area contributed by atoms with Crippen LogP contribution in [0.3, 0.4) is 0 Å². The summed E-state index contributed by atoms with van der Waals surface area (Å²) in [4.78, 5) is 20.3. The van der Waals surface area contributed by atoms with Gasteiger partial charge in [-0.05, 0) is 30.2 Å². The van der Waals surface area contributed by atoms with Gasteiger partial charge in [0, 0.05) is 29.1 Å². The molecule has 0 amide bonds. The summed E-state index contributed by atoms with van der Waals surface area (Å²) in [6, 6.07) is 23.0. The van der Waals surface area contributed by atoms with Gasteiger partial charge in [-0.15, -0.1) is 0 Å². The molecule has 0 unspecified atom stereocenters. The van der Waals surface area contributed by atoms with Crippen LogP contribution in [0, 0.1) is 18.3 Å². The van der Waals surface area contributed by atoms with Crippen molar-refractivity contribution in [3.8, 4) is 39.6 Å². The van der Waals surface area contributed by atoms with Crippen LogP contribution in [-0.2, 0) is 0 Å². The first-order valence-corrected chi connectivity index (χ1v) is 8.92. The lowest BCUT2D eigenvalue weighted by Crippen LogP contribution is -2.12. The lowest BCUT2D eigenvalue weighted by Gasteiger charge is -2.15. The second kappa shape index (κ2) is 7.34. The number of benzene rings is 2. The largest absolute Gasteiger partial charge is 0.328 e. The fourth-order valence-corrected chi connectivity index (χ4v) is 3.32. The van der Waals surface area contributed by atoms with Crippen LogP contribution in [0.15, 0.2) is 83.9 Å². The molecule has 0 spiro atoms. The van der Waals surface area contributed by atoms with Crippen molar-refractivity contribution in [1.82, 2.24) is 9.97 Å². The summed E-state index contributed by atoms with van der Waals surface area (Å²) in [5, 5.41) is 9.57. The van der Waals surface area contributed by atoms with Crippen molar-refractivity contribution in [1.29, 1.82) is 5.26 Å². The van der Waals surface area contributed by atoms with Gasteiger partial charge in [0.05, 0.1) is 22.9 Å². The van der Waals surface area contributed by atoms with E-state index in [0.717, 1.165) is 27.9 Å². The van der Waals surface area contributed by atoms with E-state index in [1.54, 1.807) is 24.5 Å². The lowest BCUT2D eigenvalue weighted by atomic mass is 9.89. The van der Waals surface area contributed by atoms with Gasteiger partial charge in [-0.25, -0.2) is 0 Å². The van der Waals surface area contributed by atoms with Crippen molar-refractivity contribution in [2.45, 2.75) is 6.92 Å². The van der Waals surface area contributed by atoms with E-state index in [9.17, 15) is 10.1 Å². The molecule has 0 atom stereocenters. The van der Waals surface area contributed by atoms with Crippen LogP contribution in [0.25, 0.3) is 33.5 Å². The molecular formula is C24H17N3O. The normalized spacial score (nSPS) is 10.4. The van der Waals surface area contributed by atoms with Crippen molar-refractivity contribution in [2.24, 2.45) is 0 Å². The number of nitrogens with one attached hydrogen (secondary N) is 1. The maximum atomic E-state index is 12.9. The van der Waals surface area contributed by atoms with Crippen molar-refractivity contribution in [2.75, 3.05) is 0 Å². The molecule has 4 nitrogen and oxygen atoms in total. The first kappa shape index (κ1) is 17.4. The number of rotatable bonds is 3. The minimum atomic E-state index is -0.239. The number of pyridine rings is 2. The van der Waals surface area contributed by atoms with E-state index < -0.39 is 0 Å². The average Bonchev–Trinajstić information content (AvgIpc) is 2.75. The molecule has 0 saturated heterocycles. The van der Waals surface area contributed by atoms with Crippen LogP contribution in [0.1, 0.15) is 11.1 Å². The smallest absolute Gasteiger partial charge is 0.256 e. The van der Waals surface area contributed by atoms with Gasteiger partial charge in [0.1, 0.15) is 0 Å². The zero-order valence-corrected chi connectivity index (χ0v) is 15.3. The number of aryl methyl sites for hydroxylation is 1. The van der Waals surface area contributed by atoms with E-state index in [1.807, 2.05) is 61.5 Å². The molecule has 1 N–H and O–H groups in total. The highest BCUT2D eigenvalue weighted by atomic mass is 16.1. The molecule has 28 heavy (non-hydrogen) atoms. The molecule has 0 aliphatic rings. The van der Waals surface area contributed by atoms with Crippen molar-refractivity contribution in [3.63, 3.8) is 0 Å². The second-order valence-corrected chi connectivity index (χ2v) is 6.53. The molecule has 4 heteroatoms. The van der Waals surface area contributed by atoms with Gasteiger partial charge in [0.25, 0.3) is 5.56 Å². The summed E-state index contributed by atoms with van der Waals surface area (Å²) in [5.41, 5.74) is 5.60. The zero-order valence-electron chi connectivity index (χ0n) is 15.3. The van der Waals surface area contributed by atoms with Crippen molar-refractivity contribution in [3.05, 3.63) is 101 Å². The van der Waals surface area contributed by atoms with Gasteiger partial charge >= 0.3 is 0 Å². The molecule has 0 saturated carbocycles. The third-order valence-corrected chi connectivity index (χ3v) is 4.66. The monoisotopic (exact) mass is 363 g/mol. The van der Waals surface area contributed by atoms with Gasteiger partial charge in [-0.1, -0.05) is 54.6 Å². The predicted octanol–water partition coefficient (Wildman–Crippen LogP) is 4.95. The average molecular weight is 363 g/mol. The molecule has 0 radical (unpaired) electrons. The lowest BCUT2D eigenvalue weighted by molar-refractivity contribution is 1.21. The molecule has 134 valence electrons. The molecule has 0 aliphatic heterocycles. The Labute approximate surface area is 162 Å². The van der Waals surface area contributed by atoms with E-state index >= 15 is 0 Å². The third-order valence-electron chi connectivity index (χ3n) is 4.66. The standard InChI is InChI=1S/C24H17N3O/c1-16-11-12-21(26-14-16)20-15-27-24(28)23(19-10-6-5-9-18(19)13-25)22(20)17-7-3-2-4-8-17/h2-12,14-15H,1H3,(H,27,28). The van der Waals surface area contributed by atoms with E-state index in [4.69, 9.17) is 0 Å². The number of aromatic nitrogens is 2. The molecule has 0 bridgehead atoms. The number of hydrogen-bond donors (Lipinski definition) is 1. The third kappa shape index (κ3) is 3.10. The number of H-pyrrole nitrogens is 1. The van der Waals surface area contributed by atoms with Crippen molar-refractivity contribution >= 4 is 0 Å². The molecular weight excluding hydrogens is 346 g/mol. The Morgan fingerprint density at radius 1 is 0.893 bits per heavy atom. The van der Waals surface area contributed by atoms with E-state index in [1.165, 1.54) is 0 Å². The predicted molar refractivity (Wildman–Crippen MR) is 111 cm³/mol. The Morgan fingerprint density at radius 3 is 2.36 bits per heavy atom. The summed E-state index contributed by atoms with van der Waals surface area (Å²) in [6.45, 7) is 1.98. The Kier molecular flexibility index (Phi) is 4.57. The van der Waals surface area contributed by atoms with Gasteiger partial charge in [0.15, 0.2) is 0 Å². The highest BCUT2D eigenvalue weighted by Gasteiger charge is 2.20. The summed E-state index contributed by atoms with van der Waals surface area (Å²) in [7, 11) is 0. The van der Waals surface area contributed by atoms with E-state index in [0.29, 0.717) is 16.7 Å². The fourth-order valence-electron chi connectivity index (χ4n) is 3.32. The fraction of sp³-hybridized carbons (Fsp3) is 0.0417. The maximum absolute atomic E-state index is 12.9. The van der Waals surface area contributed by atoms with Crippen LogP contribution in [0.5, 0.6) is 0 Å². The Bertz CT molecular complexity index is 1230. The van der Waals surface area contributed by atoms with Crippen LogP contribution in [0.4, 0.5) is 0 Å². The van der Waals surface area contributed by atoms with Gasteiger partial charge < -0.3 is 4.98 Å². The van der Waals surface area contributed by atoms with Crippen LogP contribution < -0.4 is 5.56 Å². The highest BCUT2D eigenvalue weighted by molar-refractivity contribution is 5.94. The Hall–Kier alpha value is -3.97. The second-order valence-electron chi connectivity index (χ2n) is 6.53. The molecule has 0 aliphatic carbocycles. The molecule has 2 heterocycles. The molecule has 4 rings (SSSR count). The Balaban J connectivity index is 2.12. The van der Waals surface area contributed by atoms with Crippen molar-refractivity contribution < 1.29 is 0 Å². The first-order valence-electron chi connectivity index (χ1n) is 8.92. The highest BCUT2D eigenvalue weighted by Crippen LogP contribution is 2.37. The number of aromatic amines is 1. The molecule has 2 aromatic heterocycles. The summed E-state index contributed by atoms with van der Waals surface area (Å²) < 4.78 is 0. The Morgan fingerprint density at radius 2 is 1.64 bits per heavy atom. The van der Waals surface area contributed by atoms with Gasteiger partial charge in [-0.3, -0.25) is 9.78 Å². The van der Waals surface area contributed by atoms with Crippen LogP contribution in [0.2, 0.25) is 0 Å². The van der Waals surface area contributed by atoms with Gasteiger partial charge in [0.2, 0.25) is 0 Å². The first-order chi connectivity index (χ1) is 13.7. The van der Waals surface area contributed by atoms with Gasteiger partial charge in [-0.2, -0.15) is 5.26 Å². The number of nitrogens with zero attached hydrogens (tertiary/aromatic N) is 2. The summed E-state index contributed by atoms with van der Waals surface area (Å²) in [6.07, 6.45) is 3.50. The minimum absolute atomic E-state index is 0.239. The minimum Gasteiger partial charge on any atom is -0.328 e. The number of hydrogen-bond acceptors (Lipinski definition) is 3. The summed E-state index contributed by atoms with van der Waals surface area (Å²) in [5.74, 6) is 0. The zero-order chi connectivity index (χ0) is 19.5. The molecule has 2 aromatic carbocycles. The van der Waals surface area contributed by atoms with E-state index in [2.05, 4.69) is 16.0 Å². The summed E-state index contributed by atoms with van der Waals surface area (Å²) >= 11 is 0. The van der Waals surface area contributed by atoms with E-state index in [-0.39, 0.29) is 5.56 Å². The van der Waals surface area contributed by atoms with Crippen LogP contribution in [-0.4, -0.2) is 9.97 Å².